The van der Waals surface area contributed by atoms with Gasteiger partial charge in [0.1, 0.15) is 0 Å². The molecular formula is C14H16N2O4. The van der Waals surface area contributed by atoms with Crippen LogP contribution < -0.4 is 10.4 Å². The predicted octanol–water partition coefficient (Wildman–Crippen LogP) is 1.000. The van der Waals surface area contributed by atoms with Gasteiger partial charge in [-0.3, -0.25) is 9.80 Å². The number of benzene rings is 1. The maximum atomic E-state index is 11.8. The number of esters is 2. The van der Waals surface area contributed by atoms with Gasteiger partial charge in [-0.1, -0.05) is 18.2 Å². The number of hydrogen-bond acceptors (Lipinski definition) is 6. The first-order chi connectivity index (χ1) is 9.65. The summed E-state index contributed by atoms with van der Waals surface area (Å²) in [5, 5.41) is 1.69. The molecule has 1 aromatic carbocycles. The second-order valence-corrected chi connectivity index (χ2v) is 4.24. The molecule has 20 heavy (non-hydrogen) atoms. The molecule has 0 saturated heterocycles. The molecule has 1 heterocycles. The third kappa shape index (κ3) is 2.97. The van der Waals surface area contributed by atoms with Crippen LogP contribution >= 0.6 is 0 Å². The van der Waals surface area contributed by atoms with Crippen molar-refractivity contribution in [2.45, 2.75) is 12.5 Å². The standard InChI is InChI=1S/C14H16N2O4/c1-19-13(17)8-12-11(14(18)20-2)9-16(15-12)10-6-4-3-5-7-10/h3-7,9,12,15H,8H2,1-2H3. The molecule has 0 spiro atoms. The van der Waals surface area contributed by atoms with E-state index in [1.165, 1.54) is 14.2 Å². The normalized spacial score (nSPS) is 17.6. The van der Waals surface area contributed by atoms with Crippen molar-refractivity contribution < 1.29 is 19.1 Å². The van der Waals surface area contributed by atoms with E-state index in [0.29, 0.717) is 5.57 Å². The number of nitrogens with zero attached hydrogens (tertiary/aromatic N) is 1. The minimum absolute atomic E-state index is 0.0563. The van der Waals surface area contributed by atoms with E-state index in [-0.39, 0.29) is 6.42 Å². The van der Waals surface area contributed by atoms with Gasteiger partial charge in [-0.25, -0.2) is 10.2 Å². The first kappa shape index (κ1) is 14.1. The van der Waals surface area contributed by atoms with Gasteiger partial charge in [-0.15, -0.1) is 0 Å². The second kappa shape index (κ2) is 6.21. The zero-order valence-corrected chi connectivity index (χ0v) is 11.3. The number of para-hydroxylation sites is 1. The van der Waals surface area contributed by atoms with Crippen LogP contribution in [0.2, 0.25) is 0 Å². The minimum atomic E-state index is -0.468. The van der Waals surface area contributed by atoms with E-state index in [0.717, 1.165) is 5.69 Å². The van der Waals surface area contributed by atoms with E-state index in [4.69, 9.17) is 4.74 Å². The quantitative estimate of drug-likeness (QED) is 0.827. The smallest absolute Gasteiger partial charge is 0.336 e. The molecule has 6 heteroatoms. The van der Waals surface area contributed by atoms with Crippen LogP contribution in [0.5, 0.6) is 0 Å². The Hall–Kier alpha value is -2.34. The van der Waals surface area contributed by atoms with E-state index >= 15 is 0 Å². The lowest BCUT2D eigenvalue weighted by Crippen LogP contribution is -2.38. The Morgan fingerprint density at radius 3 is 2.50 bits per heavy atom. The molecule has 1 atom stereocenters. The topological polar surface area (TPSA) is 67.9 Å². The summed E-state index contributed by atoms with van der Waals surface area (Å²) in [7, 11) is 2.62. The molecule has 0 aliphatic carbocycles. The number of rotatable bonds is 4. The molecule has 0 saturated carbocycles. The van der Waals surface area contributed by atoms with Crippen LogP contribution in [0.1, 0.15) is 6.42 Å². The van der Waals surface area contributed by atoms with Crippen molar-refractivity contribution in [1.29, 1.82) is 0 Å². The summed E-state index contributed by atoms with van der Waals surface area (Å²) >= 11 is 0. The van der Waals surface area contributed by atoms with E-state index in [1.807, 2.05) is 30.3 Å². The van der Waals surface area contributed by atoms with Gasteiger partial charge in [0.05, 0.1) is 37.9 Å². The van der Waals surface area contributed by atoms with Crippen molar-refractivity contribution in [2.75, 3.05) is 19.2 Å². The van der Waals surface area contributed by atoms with Gasteiger partial charge in [0.2, 0.25) is 0 Å². The Bertz CT molecular complexity index is 527. The highest BCUT2D eigenvalue weighted by atomic mass is 16.5. The Morgan fingerprint density at radius 2 is 1.90 bits per heavy atom. The molecular weight excluding hydrogens is 260 g/mol. The number of nitrogens with one attached hydrogen (secondary N) is 1. The second-order valence-electron chi connectivity index (χ2n) is 4.24. The van der Waals surface area contributed by atoms with E-state index in [1.54, 1.807) is 11.2 Å². The van der Waals surface area contributed by atoms with Crippen LogP contribution in [0, 0.1) is 0 Å². The van der Waals surface area contributed by atoms with Crippen molar-refractivity contribution in [2.24, 2.45) is 0 Å². The SMILES string of the molecule is COC(=O)CC1NN(c2ccccc2)C=C1C(=O)OC. The Morgan fingerprint density at radius 1 is 1.20 bits per heavy atom. The van der Waals surface area contributed by atoms with Gasteiger partial charge in [-0.05, 0) is 12.1 Å². The van der Waals surface area contributed by atoms with Crippen molar-refractivity contribution in [3.8, 4) is 0 Å². The summed E-state index contributed by atoms with van der Waals surface area (Å²) < 4.78 is 9.38. The third-order valence-corrected chi connectivity index (χ3v) is 2.99. The number of carbonyl (C=O) groups excluding carboxylic acids is 2. The zero-order valence-electron chi connectivity index (χ0n) is 11.3. The lowest BCUT2D eigenvalue weighted by molar-refractivity contribution is -0.141. The van der Waals surface area contributed by atoms with Crippen LogP contribution in [0.15, 0.2) is 42.1 Å². The maximum Gasteiger partial charge on any atom is 0.336 e. The molecule has 0 radical (unpaired) electrons. The molecule has 1 aromatic rings. The fourth-order valence-electron chi connectivity index (χ4n) is 1.96. The molecule has 0 aromatic heterocycles. The summed E-state index contributed by atoms with van der Waals surface area (Å²) in [5.74, 6) is -0.864. The molecule has 2 rings (SSSR count). The van der Waals surface area contributed by atoms with Crippen LogP contribution in [0.4, 0.5) is 5.69 Å². The molecule has 0 amide bonds. The number of methoxy groups -OCH3 is 2. The Labute approximate surface area is 116 Å². The summed E-state index contributed by atoms with van der Waals surface area (Å²) in [5.41, 5.74) is 4.33. The summed E-state index contributed by atoms with van der Waals surface area (Å²) in [6.45, 7) is 0. The van der Waals surface area contributed by atoms with E-state index in [9.17, 15) is 9.59 Å². The molecule has 1 unspecified atom stereocenters. The summed E-state index contributed by atoms with van der Waals surface area (Å²) in [6, 6.07) is 8.98. The largest absolute Gasteiger partial charge is 0.469 e. The highest BCUT2D eigenvalue weighted by Gasteiger charge is 2.32. The lowest BCUT2D eigenvalue weighted by atomic mass is 10.1. The molecule has 1 aliphatic heterocycles. The van der Waals surface area contributed by atoms with Crippen molar-refractivity contribution in [3.63, 3.8) is 0 Å². The number of anilines is 1. The number of carbonyl (C=O) groups is 2. The van der Waals surface area contributed by atoms with Crippen LogP contribution in [-0.4, -0.2) is 32.2 Å². The van der Waals surface area contributed by atoms with Gasteiger partial charge >= 0.3 is 11.9 Å². The van der Waals surface area contributed by atoms with Crippen molar-refractivity contribution in [3.05, 3.63) is 42.1 Å². The van der Waals surface area contributed by atoms with E-state index < -0.39 is 18.0 Å². The number of hydrogen-bond donors (Lipinski definition) is 1. The predicted molar refractivity (Wildman–Crippen MR) is 72.6 cm³/mol. The maximum absolute atomic E-state index is 11.8. The van der Waals surface area contributed by atoms with Gasteiger partial charge < -0.3 is 9.47 Å². The molecule has 1 aliphatic rings. The molecule has 106 valence electrons. The highest BCUT2D eigenvalue weighted by Crippen LogP contribution is 2.22. The Balaban J connectivity index is 2.21. The van der Waals surface area contributed by atoms with Gasteiger partial charge in [0.25, 0.3) is 0 Å². The third-order valence-electron chi connectivity index (χ3n) is 2.99. The van der Waals surface area contributed by atoms with Crippen molar-refractivity contribution in [1.82, 2.24) is 5.43 Å². The van der Waals surface area contributed by atoms with Crippen LogP contribution in [-0.2, 0) is 19.1 Å². The number of hydrazine groups is 1. The summed E-state index contributed by atoms with van der Waals surface area (Å²) in [4.78, 5) is 23.2. The fraction of sp³-hybridized carbons (Fsp3) is 0.286. The Kier molecular flexibility index (Phi) is 4.37. The van der Waals surface area contributed by atoms with Gasteiger partial charge in [-0.2, -0.15) is 0 Å². The monoisotopic (exact) mass is 276 g/mol. The number of ether oxygens (including phenoxy) is 2. The average molecular weight is 276 g/mol. The molecule has 1 N–H and O–H groups in total. The lowest BCUT2D eigenvalue weighted by Gasteiger charge is -2.19. The first-order valence-electron chi connectivity index (χ1n) is 6.13. The fourth-order valence-corrected chi connectivity index (χ4v) is 1.96. The molecule has 6 nitrogen and oxygen atoms in total. The first-order valence-corrected chi connectivity index (χ1v) is 6.13. The average Bonchev–Trinajstić information content (AvgIpc) is 2.91. The minimum Gasteiger partial charge on any atom is -0.469 e. The molecule has 0 fully saturated rings. The van der Waals surface area contributed by atoms with Crippen LogP contribution in [0.3, 0.4) is 0 Å². The van der Waals surface area contributed by atoms with Crippen LogP contribution in [0.25, 0.3) is 0 Å². The van der Waals surface area contributed by atoms with Gasteiger partial charge in [0.15, 0.2) is 0 Å². The highest BCUT2D eigenvalue weighted by molar-refractivity contribution is 5.92. The van der Waals surface area contributed by atoms with Crippen molar-refractivity contribution >= 4 is 17.6 Å². The van der Waals surface area contributed by atoms with E-state index in [2.05, 4.69) is 10.2 Å². The zero-order chi connectivity index (χ0) is 14.5. The molecule has 0 bridgehead atoms. The van der Waals surface area contributed by atoms with Gasteiger partial charge in [0, 0.05) is 6.20 Å². The summed E-state index contributed by atoms with van der Waals surface area (Å²) in [6.07, 6.45) is 1.69.